The molecule has 0 spiro atoms. The fraction of sp³-hybridized carbons (Fsp3) is 0.423. The number of aromatic amines is 2. The van der Waals surface area contributed by atoms with Gasteiger partial charge < -0.3 is 20.6 Å². The minimum atomic E-state index is -0.257. The second-order valence-corrected chi connectivity index (χ2v) is 9.62. The highest BCUT2D eigenvalue weighted by atomic mass is 16.1. The summed E-state index contributed by atoms with van der Waals surface area (Å²) >= 11 is 0. The summed E-state index contributed by atoms with van der Waals surface area (Å²) in [5.41, 5.74) is 3.69. The van der Waals surface area contributed by atoms with Crippen molar-refractivity contribution in [2.24, 2.45) is 0 Å². The minimum absolute atomic E-state index is 0.257. The Bertz CT molecular complexity index is 1300. The molecule has 176 valence electrons. The third-order valence-electron chi connectivity index (χ3n) is 7.37. The number of nitrogens with one attached hydrogen (secondary N) is 4. The van der Waals surface area contributed by atoms with Gasteiger partial charge in [-0.05, 0) is 56.0 Å². The summed E-state index contributed by atoms with van der Waals surface area (Å²) in [6.45, 7) is 2.00. The Morgan fingerprint density at radius 3 is 2.82 bits per heavy atom. The molecule has 34 heavy (non-hydrogen) atoms. The van der Waals surface area contributed by atoms with Gasteiger partial charge in [0.2, 0.25) is 0 Å². The Labute approximate surface area is 198 Å². The quantitative estimate of drug-likeness (QED) is 0.356. The maximum Gasteiger partial charge on any atom is 0.354 e. The summed E-state index contributed by atoms with van der Waals surface area (Å²) in [6.07, 6.45) is 12.3. The number of benzene rings is 1. The molecule has 0 radical (unpaired) electrons. The lowest BCUT2D eigenvalue weighted by Gasteiger charge is -2.31. The van der Waals surface area contributed by atoms with Crippen molar-refractivity contribution in [3.63, 3.8) is 0 Å². The summed E-state index contributed by atoms with van der Waals surface area (Å²) in [4.78, 5) is 28.0. The molecule has 2 saturated heterocycles. The Morgan fingerprint density at radius 1 is 1.12 bits per heavy atom. The number of rotatable bonds is 6. The predicted octanol–water partition coefficient (Wildman–Crippen LogP) is 3.33. The maximum atomic E-state index is 12.8. The van der Waals surface area contributed by atoms with E-state index >= 15 is 0 Å². The number of hydrogen-bond donors (Lipinski definition) is 4. The minimum Gasteiger partial charge on any atom is -0.349 e. The molecule has 0 saturated carbocycles. The van der Waals surface area contributed by atoms with Crippen LogP contribution in [0.15, 0.2) is 53.7 Å². The van der Waals surface area contributed by atoms with Crippen LogP contribution in [0.25, 0.3) is 16.7 Å². The highest BCUT2D eigenvalue weighted by molar-refractivity contribution is 5.76. The summed E-state index contributed by atoms with van der Waals surface area (Å²) in [7, 11) is 0. The number of H-pyrrole nitrogens is 2. The first-order valence-corrected chi connectivity index (χ1v) is 12.4. The van der Waals surface area contributed by atoms with Crippen molar-refractivity contribution in [1.82, 2.24) is 35.1 Å². The average molecular weight is 458 g/mol. The van der Waals surface area contributed by atoms with Crippen LogP contribution < -0.4 is 16.3 Å². The zero-order valence-corrected chi connectivity index (χ0v) is 19.3. The molecule has 3 atom stereocenters. The monoisotopic (exact) mass is 457 g/mol. The molecule has 0 unspecified atom stereocenters. The van der Waals surface area contributed by atoms with Crippen molar-refractivity contribution in [2.75, 3.05) is 13.1 Å². The maximum absolute atomic E-state index is 12.8. The SMILES string of the molecule is O=c1nc2[nH]c([C@@H]3CCNC3)cc2cn1-c1ccc([C@@H]2CCC[C@@H](CCc3ncc[nH]3)N2)cc1. The lowest BCUT2D eigenvalue weighted by molar-refractivity contribution is 0.311. The normalized spacial score (nSPS) is 23.0. The Kier molecular flexibility index (Phi) is 5.76. The van der Waals surface area contributed by atoms with Crippen molar-refractivity contribution >= 4 is 11.0 Å². The molecule has 0 amide bonds. The number of hydrogen-bond acceptors (Lipinski definition) is 5. The van der Waals surface area contributed by atoms with Gasteiger partial charge >= 0.3 is 5.69 Å². The van der Waals surface area contributed by atoms with E-state index in [1.807, 2.05) is 30.7 Å². The predicted molar refractivity (Wildman–Crippen MR) is 132 cm³/mol. The van der Waals surface area contributed by atoms with Gasteiger partial charge in [-0.3, -0.25) is 4.57 Å². The third kappa shape index (κ3) is 4.31. The Hall–Kier alpha value is -3.23. The number of imidazole rings is 1. The molecule has 2 fully saturated rings. The van der Waals surface area contributed by atoms with Crippen LogP contribution in [-0.4, -0.2) is 43.6 Å². The van der Waals surface area contributed by atoms with E-state index < -0.39 is 0 Å². The molecule has 4 aromatic rings. The van der Waals surface area contributed by atoms with Crippen molar-refractivity contribution in [1.29, 1.82) is 0 Å². The second kappa shape index (κ2) is 9.19. The molecule has 2 aliphatic heterocycles. The van der Waals surface area contributed by atoms with E-state index in [0.717, 1.165) is 61.4 Å². The smallest absolute Gasteiger partial charge is 0.349 e. The molecule has 4 N–H and O–H groups in total. The first kappa shape index (κ1) is 21.3. The molecule has 0 bridgehead atoms. The number of aryl methyl sites for hydroxylation is 1. The van der Waals surface area contributed by atoms with Gasteiger partial charge in [0.15, 0.2) is 0 Å². The van der Waals surface area contributed by atoms with E-state index in [0.29, 0.717) is 23.6 Å². The highest BCUT2D eigenvalue weighted by Gasteiger charge is 2.23. The lowest BCUT2D eigenvalue weighted by Crippen LogP contribution is -2.37. The topological polar surface area (TPSA) is 103 Å². The standard InChI is InChI=1S/C26H31N7O/c34-26-32-25-19(14-23(31-25)18-10-11-27-15-18)16-33(26)21-7-4-17(5-8-21)22-3-1-2-20(30-22)6-9-24-28-12-13-29-24/h4-5,7-8,12-14,16,18,20,22,27,30H,1-3,6,9-11,15H2,(H,28,29)(H,31,32,34)/t18-,20+,22+/m1/s1. The van der Waals surface area contributed by atoms with Crippen LogP contribution in [0.1, 0.15) is 61.1 Å². The van der Waals surface area contributed by atoms with Crippen molar-refractivity contribution in [2.45, 2.75) is 56.5 Å². The molecule has 2 aliphatic rings. The number of fused-ring (bicyclic) bond motifs is 1. The van der Waals surface area contributed by atoms with E-state index in [1.54, 1.807) is 4.57 Å². The van der Waals surface area contributed by atoms with E-state index in [9.17, 15) is 4.79 Å². The molecule has 3 aromatic heterocycles. The van der Waals surface area contributed by atoms with Gasteiger partial charge in [0, 0.05) is 60.6 Å². The van der Waals surface area contributed by atoms with Crippen molar-refractivity contribution < 1.29 is 0 Å². The summed E-state index contributed by atoms with van der Waals surface area (Å²) < 4.78 is 1.65. The van der Waals surface area contributed by atoms with Gasteiger partial charge in [-0.1, -0.05) is 18.6 Å². The van der Waals surface area contributed by atoms with Crippen LogP contribution in [0.5, 0.6) is 0 Å². The highest BCUT2D eigenvalue weighted by Crippen LogP contribution is 2.28. The van der Waals surface area contributed by atoms with Crippen LogP contribution in [0.3, 0.4) is 0 Å². The molecule has 1 aromatic carbocycles. The molecule has 8 nitrogen and oxygen atoms in total. The van der Waals surface area contributed by atoms with Gasteiger partial charge in [0.1, 0.15) is 11.5 Å². The van der Waals surface area contributed by atoms with Crippen LogP contribution in [0.2, 0.25) is 0 Å². The van der Waals surface area contributed by atoms with Crippen LogP contribution in [-0.2, 0) is 6.42 Å². The van der Waals surface area contributed by atoms with E-state index in [1.165, 1.54) is 18.4 Å². The third-order valence-corrected chi connectivity index (χ3v) is 7.37. The van der Waals surface area contributed by atoms with Gasteiger partial charge in [-0.2, -0.15) is 4.98 Å². The molecule has 8 heteroatoms. The van der Waals surface area contributed by atoms with E-state index in [4.69, 9.17) is 0 Å². The van der Waals surface area contributed by atoms with Crippen LogP contribution >= 0.6 is 0 Å². The van der Waals surface area contributed by atoms with E-state index in [-0.39, 0.29) is 5.69 Å². The fourth-order valence-electron chi connectivity index (χ4n) is 5.46. The number of nitrogens with zero attached hydrogens (tertiary/aromatic N) is 3. The molecule has 5 heterocycles. The van der Waals surface area contributed by atoms with Gasteiger partial charge in [0.25, 0.3) is 0 Å². The van der Waals surface area contributed by atoms with Gasteiger partial charge in [-0.15, -0.1) is 0 Å². The zero-order chi connectivity index (χ0) is 22.9. The van der Waals surface area contributed by atoms with Crippen LogP contribution in [0, 0.1) is 0 Å². The van der Waals surface area contributed by atoms with Crippen LogP contribution in [0.4, 0.5) is 0 Å². The first-order chi connectivity index (χ1) is 16.7. The number of aromatic nitrogens is 5. The second-order valence-electron chi connectivity index (χ2n) is 9.62. The zero-order valence-electron chi connectivity index (χ0n) is 19.3. The van der Waals surface area contributed by atoms with Crippen molar-refractivity contribution in [3.05, 3.63) is 76.5 Å². The first-order valence-electron chi connectivity index (χ1n) is 12.4. The Balaban J connectivity index is 1.17. The van der Waals surface area contributed by atoms with Gasteiger partial charge in [0.05, 0.1) is 5.69 Å². The summed E-state index contributed by atoms with van der Waals surface area (Å²) in [5.74, 6) is 1.52. The Morgan fingerprint density at radius 2 is 2.03 bits per heavy atom. The molecular weight excluding hydrogens is 426 g/mol. The molecule has 6 rings (SSSR count). The largest absolute Gasteiger partial charge is 0.354 e. The van der Waals surface area contributed by atoms with Crippen molar-refractivity contribution in [3.8, 4) is 5.69 Å². The number of piperidine rings is 1. The summed E-state index contributed by atoms with van der Waals surface area (Å²) in [5, 5.41) is 8.19. The molecular formula is C26H31N7O. The fourth-order valence-corrected chi connectivity index (χ4v) is 5.46. The van der Waals surface area contributed by atoms with E-state index in [2.05, 4.69) is 48.8 Å². The van der Waals surface area contributed by atoms with Gasteiger partial charge in [-0.25, -0.2) is 9.78 Å². The molecule has 0 aliphatic carbocycles. The average Bonchev–Trinajstić information content (AvgIpc) is 3.64. The summed E-state index contributed by atoms with van der Waals surface area (Å²) in [6, 6.07) is 11.3. The lowest BCUT2D eigenvalue weighted by atomic mass is 9.91.